The third kappa shape index (κ3) is 3.59. The minimum Gasteiger partial charge on any atom is -0.353 e. The number of hydrogen-bond donors (Lipinski definition) is 2. The fourth-order valence-electron chi connectivity index (χ4n) is 4.47. The largest absolute Gasteiger partial charge is 0.353 e. The van der Waals surface area contributed by atoms with Gasteiger partial charge in [-0.25, -0.2) is 0 Å². The van der Waals surface area contributed by atoms with E-state index in [1.165, 1.54) is 64.5 Å². The van der Waals surface area contributed by atoms with Crippen LogP contribution in [0.15, 0.2) is 0 Å². The van der Waals surface area contributed by atoms with Gasteiger partial charge >= 0.3 is 0 Å². The summed E-state index contributed by atoms with van der Waals surface area (Å²) >= 11 is 0. The first-order valence-electron chi connectivity index (χ1n) is 9.06. The Hall–Kier alpha value is -0.610. The van der Waals surface area contributed by atoms with Crippen molar-refractivity contribution in [1.29, 1.82) is 0 Å². The zero-order valence-electron chi connectivity index (χ0n) is 13.3. The fraction of sp³-hybridized carbons (Fsp3) is 0.941. The Balaban J connectivity index is 1.60. The van der Waals surface area contributed by atoms with E-state index in [1.54, 1.807) is 0 Å². The summed E-state index contributed by atoms with van der Waals surface area (Å²) in [5, 5.41) is 6.60. The molecule has 1 amide bonds. The highest BCUT2D eigenvalue weighted by atomic mass is 16.2. The van der Waals surface area contributed by atoms with Gasteiger partial charge in [0.1, 0.15) is 0 Å². The molecule has 3 rings (SSSR count). The van der Waals surface area contributed by atoms with Gasteiger partial charge in [0.05, 0.1) is 6.04 Å². The molecule has 0 radical (unpaired) electrons. The second-order valence-corrected chi connectivity index (χ2v) is 7.20. The summed E-state index contributed by atoms with van der Waals surface area (Å²) in [6.45, 7) is 4.33. The van der Waals surface area contributed by atoms with Crippen molar-refractivity contribution in [2.45, 2.75) is 75.8 Å². The Kier molecular flexibility index (Phi) is 5.17. The Bertz CT molecular complexity index is 340. The molecule has 1 saturated carbocycles. The minimum absolute atomic E-state index is 0.0620. The lowest BCUT2D eigenvalue weighted by Crippen LogP contribution is -2.59. The van der Waals surface area contributed by atoms with Crippen molar-refractivity contribution in [3.05, 3.63) is 0 Å². The van der Waals surface area contributed by atoms with E-state index < -0.39 is 0 Å². The molecule has 21 heavy (non-hydrogen) atoms. The van der Waals surface area contributed by atoms with Crippen molar-refractivity contribution >= 4 is 5.91 Å². The molecule has 0 aromatic carbocycles. The van der Waals surface area contributed by atoms with E-state index in [0.29, 0.717) is 0 Å². The second-order valence-electron chi connectivity index (χ2n) is 7.20. The van der Waals surface area contributed by atoms with Gasteiger partial charge in [-0.1, -0.05) is 25.7 Å². The molecule has 0 spiro atoms. The molecule has 0 aromatic rings. The van der Waals surface area contributed by atoms with Gasteiger partial charge in [-0.05, 0) is 58.2 Å². The van der Waals surface area contributed by atoms with Crippen LogP contribution in [0.3, 0.4) is 0 Å². The van der Waals surface area contributed by atoms with Crippen LogP contribution in [0.4, 0.5) is 0 Å². The number of amides is 1. The first-order valence-corrected chi connectivity index (χ1v) is 9.06. The average molecular weight is 293 g/mol. The van der Waals surface area contributed by atoms with E-state index in [-0.39, 0.29) is 17.5 Å². The van der Waals surface area contributed by atoms with Crippen LogP contribution in [0.2, 0.25) is 0 Å². The van der Waals surface area contributed by atoms with Crippen molar-refractivity contribution in [2.75, 3.05) is 26.2 Å². The predicted molar refractivity (Wildman–Crippen MR) is 85.3 cm³/mol. The monoisotopic (exact) mass is 293 g/mol. The van der Waals surface area contributed by atoms with Crippen LogP contribution in [-0.2, 0) is 4.79 Å². The van der Waals surface area contributed by atoms with Crippen LogP contribution in [0.1, 0.15) is 64.2 Å². The van der Waals surface area contributed by atoms with Crippen LogP contribution >= 0.6 is 0 Å². The fourth-order valence-corrected chi connectivity index (χ4v) is 4.47. The molecule has 0 bridgehead atoms. The summed E-state index contributed by atoms with van der Waals surface area (Å²) < 4.78 is 0. The number of nitrogens with zero attached hydrogens (tertiary/aromatic N) is 1. The molecule has 2 aliphatic heterocycles. The summed E-state index contributed by atoms with van der Waals surface area (Å²) in [5.74, 6) is 0.231. The van der Waals surface area contributed by atoms with Gasteiger partial charge < -0.3 is 10.6 Å². The summed E-state index contributed by atoms with van der Waals surface area (Å²) in [6, 6.07) is 0.0620. The smallest absolute Gasteiger partial charge is 0.237 e. The molecule has 2 saturated heterocycles. The molecule has 2 heterocycles. The van der Waals surface area contributed by atoms with Crippen molar-refractivity contribution < 1.29 is 4.79 Å². The molecular formula is C17H31N3O. The zero-order chi connectivity index (χ0) is 14.5. The highest BCUT2D eigenvalue weighted by Gasteiger charge is 2.39. The molecule has 120 valence electrons. The van der Waals surface area contributed by atoms with Crippen molar-refractivity contribution in [3.8, 4) is 0 Å². The molecule has 3 fully saturated rings. The average Bonchev–Trinajstić information content (AvgIpc) is 3.09. The number of hydrogen-bond acceptors (Lipinski definition) is 3. The third-order valence-corrected chi connectivity index (χ3v) is 5.78. The minimum atomic E-state index is 0.0620. The normalized spacial score (nSPS) is 30.2. The van der Waals surface area contributed by atoms with Crippen molar-refractivity contribution in [2.24, 2.45) is 0 Å². The Morgan fingerprint density at radius 1 is 1.05 bits per heavy atom. The Morgan fingerprint density at radius 3 is 2.43 bits per heavy atom. The van der Waals surface area contributed by atoms with E-state index in [2.05, 4.69) is 15.5 Å². The molecule has 3 aliphatic rings. The van der Waals surface area contributed by atoms with E-state index in [9.17, 15) is 4.79 Å². The molecule has 0 aromatic heterocycles. The number of rotatable bonds is 4. The van der Waals surface area contributed by atoms with Crippen LogP contribution in [0, 0.1) is 0 Å². The van der Waals surface area contributed by atoms with Gasteiger partial charge in [-0.15, -0.1) is 0 Å². The zero-order valence-corrected chi connectivity index (χ0v) is 13.3. The molecule has 1 aliphatic carbocycles. The molecule has 4 heteroatoms. The summed E-state index contributed by atoms with van der Waals surface area (Å²) in [7, 11) is 0. The first-order chi connectivity index (χ1) is 10.3. The number of piperidine rings is 1. The highest BCUT2D eigenvalue weighted by molar-refractivity contribution is 5.82. The Morgan fingerprint density at radius 2 is 1.76 bits per heavy atom. The maximum atomic E-state index is 12.3. The molecule has 1 unspecified atom stereocenters. The standard InChI is InChI=1S/C17H31N3O/c21-16(15-8-7-11-18-15)19-14-17(9-3-1-4-10-17)20-12-5-2-6-13-20/h15,18H,1-14H2,(H,19,21). The van der Waals surface area contributed by atoms with Crippen LogP contribution in [-0.4, -0.2) is 48.6 Å². The topological polar surface area (TPSA) is 44.4 Å². The SMILES string of the molecule is O=C(NCC1(N2CCCCC2)CCCCC1)C1CCCN1. The second kappa shape index (κ2) is 7.10. The van der Waals surface area contributed by atoms with E-state index in [0.717, 1.165) is 25.9 Å². The van der Waals surface area contributed by atoms with Crippen molar-refractivity contribution in [3.63, 3.8) is 0 Å². The van der Waals surface area contributed by atoms with Crippen LogP contribution in [0.5, 0.6) is 0 Å². The molecular weight excluding hydrogens is 262 g/mol. The lowest BCUT2D eigenvalue weighted by molar-refractivity contribution is -0.123. The summed E-state index contributed by atoms with van der Waals surface area (Å²) in [6.07, 6.45) is 12.7. The van der Waals surface area contributed by atoms with Gasteiger partial charge in [0.15, 0.2) is 0 Å². The quantitative estimate of drug-likeness (QED) is 0.834. The van der Waals surface area contributed by atoms with Gasteiger partial charge in [-0.3, -0.25) is 9.69 Å². The van der Waals surface area contributed by atoms with Gasteiger partial charge in [0.25, 0.3) is 0 Å². The molecule has 1 atom stereocenters. The highest BCUT2D eigenvalue weighted by Crippen LogP contribution is 2.35. The Labute approximate surface area is 129 Å². The van der Waals surface area contributed by atoms with E-state index in [4.69, 9.17) is 0 Å². The summed E-state index contributed by atoms with van der Waals surface area (Å²) in [4.78, 5) is 15.0. The number of nitrogens with one attached hydrogen (secondary N) is 2. The van der Waals surface area contributed by atoms with Gasteiger partial charge in [-0.2, -0.15) is 0 Å². The number of carbonyl (C=O) groups is 1. The van der Waals surface area contributed by atoms with E-state index >= 15 is 0 Å². The van der Waals surface area contributed by atoms with Crippen LogP contribution < -0.4 is 10.6 Å². The van der Waals surface area contributed by atoms with Gasteiger partial charge in [0, 0.05) is 12.1 Å². The maximum Gasteiger partial charge on any atom is 0.237 e. The predicted octanol–water partition coefficient (Wildman–Crippen LogP) is 2.04. The number of carbonyl (C=O) groups excluding carboxylic acids is 1. The van der Waals surface area contributed by atoms with Gasteiger partial charge in [0.2, 0.25) is 5.91 Å². The van der Waals surface area contributed by atoms with Crippen molar-refractivity contribution in [1.82, 2.24) is 15.5 Å². The molecule has 2 N–H and O–H groups in total. The maximum absolute atomic E-state index is 12.3. The third-order valence-electron chi connectivity index (χ3n) is 5.78. The van der Waals surface area contributed by atoms with Crippen LogP contribution in [0.25, 0.3) is 0 Å². The van der Waals surface area contributed by atoms with E-state index in [1.807, 2.05) is 0 Å². The summed E-state index contributed by atoms with van der Waals surface area (Å²) in [5.41, 5.74) is 0.257. The lowest BCUT2D eigenvalue weighted by Gasteiger charge is -2.48. The lowest BCUT2D eigenvalue weighted by atomic mass is 9.79. The first kappa shape index (κ1) is 15.3. The molecule has 4 nitrogen and oxygen atoms in total. The number of likely N-dealkylation sites (tertiary alicyclic amines) is 1.